The summed E-state index contributed by atoms with van der Waals surface area (Å²) in [4.78, 5) is 17.6. The van der Waals surface area contributed by atoms with Crippen LogP contribution in [0.4, 0.5) is 4.39 Å². The number of aromatic nitrogens is 3. The summed E-state index contributed by atoms with van der Waals surface area (Å²) in [5.74, 6) is -0.750. The molecule has 0 amide bonds. The van der Waals surface area contributed by atoms with Gasteiger partial charge in [-0.2, -0.15) is 5.10 Å². The van der Waals surface area contributed by atoms with Crippen LogP contribution in [0.3, 0.4) is 0 Å². The lowest BCUT2D eigenvalue weighted by Crippen LogP contribution is -2.29. The van der Waals surface area contributed by atoms with E-state index < -0.39 is 23.5 Å². The number of nitrogens with zero attached hydrogens (tertiary/aromatic N) is 3. The lowest BCUT2D eigenvalue weighted by atomic mass is 9.91. The Kier molecular flexibility index (Phi) is 8.05. The maximum absolute atomic E-state index is 15.6. The lowest BCUT2D eigenvalue weighted by molar-refractivity contribution is -0.160. The van der Waals surface area contributed by atoms with Crippen LogP contribution in [0.2, 0.25) is 0 Å². The zero-order valence-electron chi connectivity index (χ0n) is 26.1. The van der Waals surface area contributed by atoms with Gasteiger partial charge < -0.3 is 19.3 Å². The standard InChI is InChI=1S/C36H36FN3O5/c1-21-26-15-10-16-43-33(26)28(37)18-27(21)32-31(34(35(41)42)45-36(3,4)5)22(2)38-30-19-29(39-40(30)32)24-13-9-14-25(17-24)44-20-23-11-7-6-8-12-23/h6-9,11-14,17-19,34H,10,15-16,20H2,1-5H3,(H,41,42)/t34-/m0/s1. The van der Waals surface area contributed by atoms with Crippen molar-refractivity contribution in [3.8, 4) is 34.0 Å². The topological polar surface area (TPSA) is 95.2 Å². The SMILES string of the molecule is Cc1nc2cc(-c3cccc(OCc4ccccc4)c3)nn2c(-c2cc(F)c3c(c2C)CCCO3)c1[C@H](OC(C)(C)C)C(=O)O. The lowest BCUT2D eigenvalue weighted by Gasteiger charge is -2.28. The summed E-state index contributed by atoms with van der Waals surface area (Å²) >= 11 is 0. The van der Waals surface area contributed by atoms with E-state index >= 15 is 4.39 Å². The fourth-order valence-corrected chi connectivity index (χ4v) is 5.82. The normalized spacial score (nSPS) is 13.7. The first-order valence-electron chi connectivity index (χ1n) is 15.0. The number of ether oxygens (including phenoxy) is 3. The van der Waals surface area contributed by atoms with E-state index in [-0.39, 0.29) is 5.75 Å². The van der Waals surface area contributed by atoms with Crippen molar-refractivity contribution in [2.75, 3.05) is 6.61 Å². The van der Waals surface area contributed by atoms with E-state index in [0.29, 0.717) is 59.2 Å². The highest BCUT2D eigenvalue weighted by Crippen LogP contribution is 2.42. The Morgan fingerprint density at radius 1 is 1.09 bits per heavy atom. The minimum Gasteiger partial charge on any atom is -0.490 e. The first-order valence-corrected chi connectivity index (χ1v) is 15.0. The number of fused-ring (bicyclic) bond motifs is 2. The highest BCUT2D eigenvalue weighted by Gasteiger charge is 2.34. The van der Waals surface area contributed by atoms with Crippen molar-refractivity contribution in [2.24, 2.45) is 0 Å². The molecule has 8 nitrogen and oxygen atoms in total. The summed E-state index contributed by atoms with van der Waals surface area (Å²) in [6, 6.07) is 20.8. The molecule has 3 aromatic carbocycles. The third-order valence-corrected chi connectivity index (χ3v) is 7.86. The number of aliphatic carboxylic acids is 1. The first-order chi connectivity index (χ1) is 21.5. The van der Waals surface area contributed by atoms with Crippen molar-refractivity contribution in [1.29, 1.82) is 0 Å². The Hall–Kier alpha value is -4.76. The molecule has 9 heteroatoms. The number of benzene rings is 3. The van der Waals surface area contributed by atoms with E-state index in [1.54, 1.807) is 32.2 Å². The van der Waals surface area contributed by atoms with Crippen LogP contribution in [0, 0.1) is 19.7 Å². The maximum Gasteiger partial charge on any atom is 0.337 e. The molecule has 0 spiro atoms. The molecule has 0 aliphatic carbocycles. The second kappa shape index (κ2) is 12.0. The smallest absolute Gasteiger partial charge is 0.337 e. The van der Waals surface area contributed by atoms with Crippen molar-refractivity contribution in [2.45, 2.75) is 65.8 Å². The van der Waals surface area contributed by atoms with Crippen LogP contribution < -0.4 is 9.47 Å². The largest absolute Gasteiger partial charge is 0.490 e. The average molecular weight is 610 g/mol. The van der Waals surface area contributed by atoms with Gasteiger partial charge in [-0.1, -0.05) is 42.5 Å². The molecule has 45 heavy (non-hydrogen) atoms. The molecular formula is C36H36FN3O5. The Balaban J connectivity index is 1.54. The fourth-order valence-electron chi connectivity index (χ4n) is 5.82. The predicted molar refractivity (Wildman–Crippen MR) is 169 cm³/mol. The van der Waals surface area contributed by atoms with Crippen LogP contribution in [-0.4, -0.2) is 37.9 Å². The minimum absolute atomic E-state index is 0.250. The number of carboxylic acid groups (broad SMARTS) is 1. The van der Waals surface area contributed by atoms with Gasteiger partial charge in [-0.3, -0.25) is 0 Å². The number of carboxylic acids is 1. The number of aryl methyl sites for hydroxylation is 1. The predicted octanol–water partition coefficient (Wildman–Crippen LogP) is 7.66. The summed E-state index contributed by atoms with van der Waals surface area (Å²) < 4.78 is 35.1. The summed E-state index contributed by atoms with van der Waals surface area (Å²) in [5, 5.41) is 15.4. The molecule has 2 aromatic heterocycles. The van der Waals surface area contributed by atoms with Gasteiger partial charge in [-0.15, -0.1) is 0 Å². The van der Waals surface area contributed by atoms with E-state index in [1.165, 1.54) is 6.07 Å². The van der Waals surface area contributed by atoms with E-state index in [1.807, 2.05) is 67.6 Å². The van der Waals surface area contributed by atoms with Gasteiger partial charge in [-0.05, 0) is 76.8 Å². The molecule has 0 radical (unpaired) electrons. The quantitative estimate of drug-likeness (QED) is 0.193. The van der Waals surface area contributed by atoms with Crippen LogP contribution in [-0.2, 0) is 22.6 Å². The Bertz CT molecular complexity index is 1900. The van der Waals surface area contributed by atoms with Crippen LogP contribution >= 0.6 is 0 Å². The summed E-state index contributed by atoms with van der Waals surface area (Å²) in [7, 11) is 0. The zero-order chi connectivity index (χ0) is 31.9. The Morgan fingerprint density at radius 2 is 1.87 bits per heavy atom. The zero-order valence-corrected chi connectivity index (χ0v) is 26.1. The molecule has 0 saturated heterocycles. The van der Waals surface area contributed by atoms with Gasteiger partial charge >= 0.3 is 5.97 Å². The molecule has 0 saturated carbocycles. The number of hydrogen-bond acceptors (Lipinski definition) is 6. The summed E-state index contributed by atoms with van der Waals surface area (Å²) in [6.45, 7) is 9.91. The number of halogens is 1. The van der Waals surface area contributed by atoms with Gasteiger partial charge in [0.15, 0.2) is 23.3 Å². The van der Waals surface area contributed by atoms with Crippen molar-refractivity contribution in [1.82, 2.24) is 14.6 Å². The molecular weight excluding hydrogens is 573 g/mol. The molecule has 0 fully saturated rings. The van der Waals surface area contributed by atoms with Gasteiger partial charge in [0.1, 0.15) is 12.4 Å². The maximum atomic E-state index is 15.6. The Morgan fingerprint density at radius 3 is 2.60 bits per heavy atom. The van der Waals surface area contributed by atoms with Crippen LogP contribution in [0.5, 0.6) is 11.5 Å². The third kappa shape index (κ3) is 6.13. The summed E-state index contributed by atoms with van der Waals surface area (Å²) in [5.41, 5.74) is 5.42. The molecule has 232 valence electrons. The summed E-state index contributed by atoms with van der Waals surface area (Å²) in [6.07, 6.45) is 0.0255. The van der Waals surface area contributed by atoms with Crippen LogP contribution in [0.25, 0.3) is 28.2 Å². The van der Waals surface area contributed by atoms with Crippen LogP contribution in [0.1, 0.15) is 61.2 Å². The molecule has 5 aromatic rings. The third-order valence-electron chi connectivity index (χ3n) is 7.86. The van der Waals surface area contributed by atoms with E-state index in [4.69, 9.17) is 24.3 Å². The van der Waals surface area contributed by atoms with Crippen molar-refractivity contribution in [3.05, 3.63) is 100 Å². The van der Waals surface area contributed by atoms with Gasteiger partial charge in [0.25, 0.3) is 0 Å². The first kappa shape index (κ1) is 30.3. The van der Waals surface area contributed by atoms with Gasteiger partial charge in [0, 0.05) is 34.0 Å². The molecule has 1 aliphatic rings. The molecule has 0 unspecified atom stereocenters. The number of rotatable bonds is 8. The van der Waals surface area contributed by atoms with Crippen LogP contribution in [0.15, 0.2) is 66.7 Å². The second-order valence-electron chi connectivity index (χ2n) is 12.3. The highest BCUT2D eigenvalue weighted by atomic mass is 19.1. The monoisotopic (exact) mass is 609 g/mol. The van der Waals surface area contributed by atoms with E-state index in [0.717, 1.165) is 28.7 Å². The second-order valence-corrected chi connectivity index (χ2v) is 12.3. The van der Waals surface area contributed by atoms with E-state index in [2.05, 4.69) is 0 Å². The molecule has 1 atom stereocenters. The van der Waals surface area contributed by atoms with Gasteiger partial charge in [0.05, 0.1) is 23.6 Å². The van der Waals surface area contributed by atoms with Gasteiger partial charge in [-0.25, -0.2) is 18.7 Å². The fraction of sp³-hybridized carbons (Fsp3) is 0.306. The molecule has 1 aliphatic heterocycles. The number of carbonyl (C=O) groups is 1. The van der Waals surface area contributed by atoms with Crippen molar-refractivity contribution < 1.29 is 28.5 Å². The number of hydrogen-bond donors (Lipinski definition) is 1. The molecule has 3 heterocycles. The molecule has 6 rings (SSSR count). The molecule has 0 bridgehead atoms. The van der Waals surface area contributed by atoms with Crippen molar-refractivity contribution >= 4 is 11.6 Å². The minimum atomic E-state index is -1.38. The van der Waals surface area contributed by atoms with E-state index in [9.17, 15) is 9.90 Å². The van der Waals surface area contributed by atoms with Gasteiger partial charge in [0.2, 0.25) is 0 Å². The highest BCUT2D eigenvalue weighted by molar-refractivity contribution is 5.82. The Labute approximate surface area is 261 Å². The van der Waals surface area contributed by atoms with Crippen molar-refractivity contribution in [3.63, 3.8) is 0 Å². The average Bonchev–Trinajstić information content (AvgIpc) is 3.44. The molecule has 1 N–H and O–H groups in total.